The van der Waals surface area contributed by atoms with Crippen molar-refractivity contribution in [2.24, 2.45) is 11.3 Å². The maximum atomic E-state index is 2.49. The lowest BCUT2D eigenvalue weighted by atomic mass is 9.67. The molecule has 0 N–H and O–H groups in total. The van der Waals surface area contributed by atoms with Gasteiger partial charge in [-0.05, 0) is 44.4 Å². The Labute approximate surface area is 93.8 Å². The summed E-state index contributed by atoms with van der Waals surface area (Å²) in [7, 11) is 0. The Balaban J connectivity index is 2.21. The minimum atomic E-state index is 0.512. The van der Waals surface area contributed by atoms with E-state index < -0.39 is 0 Å². The molecule has 0 aromatic rings. The normalized spacial score (nSPS) is 28.9. The van der Waals surface area contributed by atoms with Gasteiger partial charge >= 0.3 is 0 Å². The van der Waals surface area contributed by atoms with Gasteiger partial charge in [0.15, 0.2) is 0 Å². The van der Waals surface area contributed by atoms with Crippen LogP contribution in [0.15, 0.2) is 36.0 Å². The van der Waals surface area contributed by atoms with E-state index in [9.17, 15) is 0 Å². The van der Waals surface area contributed by atoms with Crippen LogP contribution < -0.4 is 0 Å². The van der Waals surface area contributed by atoms with Crippen LogP contribution in [0.2, 0.25) is 0 Å². The average Bonchev–Trinajstić information content (AvgIpc) is 2.67. The van der Waals surface area contributed by atoms with E-state index in [1.807, 2.05) is 0 Å². The third kappa shape index (κ3) is 1.95. The van der Waals surface area contributed by atoms with Crippen LogP contribution >= 0.6 is 0 Å². The number of rotatable bonds is 2. The lowest BCUT2D eigenvalue weighted by Gasteiger charge is -2.37. The van der Waals surface area contributed by atoms with Gasteiger partial charge in [0, 0.05) is 0 Å². The molecular formula is C15H22. The van der Waals surface area contributed by atoms with Crippen molar-refractivity contribution >= 4 is 0 Å². The largest absolute Gasteiger partial charge is 0.0916 e. The third-order valence-electron chi connectivity index (χ3n) is 4.17. The molecular weight excluding hydrogens is 180 g/mol. The van der Waals surface area contributed by atoms with E-state index >= 15 is 0 Å². The lowest BCUT2D eigenvalue weighted by Crippen LogP contribution is -2.27. The zero-order valence-corrected chi connectivity index (χ0v) is 10.00. The summed E-state index contributed by atoms with van der Waals surface area (Å²) in [5.74, 6) is 0.765. The Morgan fingerprint density at radius 2 is 2.13 bits per heavy atom. The first-order valence-corrected chi connectivity index (χ1v) is 6.26. The maximum absolute atomic E-state index is 2.49. The molecule has 1 spiro atoms. The molecule has 1 atom stereocenters. The summed E-state index contributed by atoms with van der Waals surface area (Å²) < 4.78 is 0. The molecule has 0 saturated heterocycles. The smallest absolute Gasteiger partial charge is 0.00467 e. The van der Waals surface area contributed by atoms with Gasteiger partial charge in [-0.1, -0.05) is 48.8 Å². The predicted octanol–water partition coefficient (Wildman–Crippen LogP) is 4.65. The molecule has 0 heteroatoms. The molecule has 0 nitrogen and oxygen atoms in total. The van der Waals surface area contributed by atoms with Gasteiger partial charge in [-0.15, -0.1) is 0 Å². The van der Waals surface area contributed by atoms with E-state index in [1.165, 1.54) is 32.1 Å². The predicted molar refractivity (Wildman–Crippen MR) is 66.7 cm³/mol. The van der Waals surface area contributed by atoms with E-state index in [0.29, 0.717) is 5.41 Å². The second-order valence-electron chi connectivity index (χ2n) is 5.07. The van der Waals surface area contributed by atoms with Crippen molar-refractivity contribution in [2.45, 2.75) is 46.0 Å². The Morgan fingerprint density at radius 1 is 1.40 bits per heavy atom. The van der Waals surface area contributed by atoms with Crippen LogP contribution in [0.3, 0.4) is 0 Å². The van der Waals surface area contributed by atoms with Crippen LogP contribution in [0, 0.1) is 11.3 Å². The van der Waals surface area contributed by atoms with Gasteiger partial charge in [-0.2, -0.15) is 0 Å². The summed E-state index contributed by atoms with van der Waals surface area (Å²) in [6, 6.07) is 0. The van der Waals surface area contributed by atoms with Crippen molar-refractivity contribution in [3.8, 4) is 0 Å². The monoisotopic (exact) mass is 202 g/mol. The molecule has 1 unspecified atom stereocenters. The van der Waals surface area contributed by atoms with E-state index in [4.69, 9.17) is 0 Å². The van der Waals surface area contributed by atoms with Crippen LogP contribution in [0.25, 0.3) is 0 Å². The van der Waals surface area contributed by atoms with E-state index in [1.54, 1.807) is 5.57 Å². The summed E-state index contributed by atoms with van der Waals surface area (Å²) in [6.45, 7) is 4.43. The fourth-order valence-corrected chi connectivity index (χ4v) is 3.32. The van der Waals surface area contributed by atoms with Crippen molar-refractivity contribution in [2.75, 3.05) is 0 Å². The molecule has 0 bridgehead atoms. The molecule has 15 heavy (non-hydrogen) atoms. The van der Waals surface area contributed by atoms with E-state index in [2.05, 4.69) is 44.2 Å². The lowest BCUT2D eigenvalue weighted by molar-refractivity contribution is 0.268. The molecule has 2 aliphatic rings. The van der Waals surface area contributed by atoms with Gasteiger partial charge in [0.05, 0.1) is 0 Å². The molecule has 0 radical (unpaired) electrons. The average molecular weight is 202 g/mol. The van der Waals surface area contributed by atoms with Gasteiger partial charge in [-0.3, -0.25) is 0 Å². The minimum Gasteiger partial charge on any atom is -0.0916 e. The van der Waals surface area contributed by atoms with E-state index in [-0.39, 0.29) is 0 Å². The molecule has 0 aromatic heterocycles. The summed E-state index contributed by atoms with van der Waals surface area (Å²) in [6.07, 6.45) is 18.5. The summed E-state index contributed by atoms with van der Waals surface area (Å²) in [4.78, 5) is 0. The highest BCUT2D eigenvalue weighted by atomic mass is 14.4. The maximum Gasteiger partial charge on any atom is -0.00467 e. The zero-order chi connectivity index (χ0) is 10.7. The SMILES string of the molecule is C/C=C/CC1C(C)=CC=CC12CCCC2. The van der Waals surface area contributed by atoms with Crippen molar-refractivity contribution in [3.05, 3.63) is 36.0 Å². The second kappa shape index (κ2) is 4.38. The highest BCUT2D eigenvalue weighted by Gasteiger charge is 2.39. The highest BCUT2D eigenvalue weighted by molar-refractivity contribution is 5.27. The van der Waals surface area contributed by atoms with Crippen molar-refractivity contribution in [3.63, 3.8) is 0 Å². The van der Waals surface area contributed by atoms with Crippen molar-refractivity contribution in [1.82, 2.24) is 0 Å². The standard InChI is InChI=1S/C15H22/c1-3-4-9-14-13(2)8-7-12-15(14)10-5-6-11-15/h3-4,7-8,12,14H,5-6,9-11H2,1-2H3/b4-3+. The highest BCUT2D eigenvalue weighted by Crippen LogP contribution is 2.51. The second-order valence-corrected chi connectivity index (χ2v) is 5.07. The summed E-state index contributed by atoms with van der Waals surface area (Å²) in [5, 5.41) is 0. The van der Waals surface area contributed by atoms with Crippen molar-refractivity contribution < 1.29 is 0 Å². The first kappa shape index (κ1) is 10.7. The first-order valence-electron chi connectivity index (χ1n) is 6.26. The molecule has 2 aliphatic carbocycles. The molecule has 82 valence electrons. The first-order chi connectivity index (χ1) is 7.28. The minimum absolute atomic E-state index is 0.512. The fourth-order valence-electron chi connectivity index (χ4n) is 3.32. The molecule has 1 fully saturated rings. The number of allylic oxidation sites excluding steroid dienone is 6. The Hall–Kier alpha value is -0.780. The molecule has 0 aromatic carbocycles. The van der Waals surface area contributed by atoms with Crippen molar-refractivity contribution in [1.29, 1.82) is 0 Å². The van der Waals surface area contributed by atoms with Gasteiger partial charge in [0.25, 0.3) is 0 Å². The van der Waals surface area contributed by atoms with Gasteiger partial charge in [-0.25, -0.2) is 0 Å². The Bertz CT molecular complexity index is 298. The van der Waals surface area contributed by atoms with Crippen LogP contribution in [-0.4, -0.2) is 0 Å². The molecule has 0 heterocycles. The van der Waals surface area contributed by atoms with Crippen LogP contribution in [0.4, 0.5) is 0 Å². The number of hydrogen-bond donors (Lipinski definition) is 0. The summed E-state index contributed by atoms with van der Waals surface area (Å²) >= 11 is 0. The fraction of sp³-hybridized carbons (Fsp3) is 0.600. The Morgan fingerprint density at radius 3 is 2.80 bits per heavy atom. The Kier molecular flexibility index (Phi) is 3.14. The van der Waals surface area contributed by atoms with Crippen LogP contribution in [0.5, 0.6) is 0 Å². The van der Waals surface area contributed by atoms with Gasteiger partial charge < -0.3 is 0 Å². The summed E-state index contributed by atoms with van der Waals surface area (Å²) in [5.41, 5.74) is 2.09. The van der Waals surface area contributed by atoms with Gasteiger partial charge in [0.1, 0.15) is 0 Å². The number of hydrogen-bond acceptors (Lipinski definition) is 0. The van der Waals surface area contributed by atoms with Gasteiger partial charge in [0.2, 0.25) is 0 Å². The molecule has 2 rings (SSSR count). The third-order valence-corrected chi connectivity index (χ3v) is 4.17. The van der Waals surface area contributed by atoms with Crippen LogP contribution in [0.1, 0.15) is 46.0 Å². The molecule has 0 amide bonds. The quantitative estimate of drug-likeness (QED) is 0.572. The van der Waals surface area contributed by atoms with E-state index in [0.717, 1.165) is 5.92 Å². The zero-order valence-electron chi connectivity index (χ0n) is 10.00. The molecule has 1 saturated carbocycles. The topological polar surface area (TPSA) is 0 Å². The van der Waals surface area contributed by atoms with Crippen LogP contribution in [-0.2, 0) is 0 Å². The molecule has 0 aliphatic heterocycles.